The molecule has 2 aliphatic rings. The lowest BCUT2D eigenvalue weighted by Crippen LogP contribution is -2.52. The molecule has 0 unspecified atom stereocenters. The van der Waals surface area contributed by atoms with Crippen molar-refractivity contribution in [3.63, 3.8) is 0 Å². The fraction of sp³-hybridized carbons (Fsp3) is 0.632. The number of carboxylic acids is 1. The van der Waals surface area contributed by atoms with E-state index in [2.05, 4.69) is 0 Å². The highest BCUT2D eigenvalue weighted by Gasteiger charge is 2.31. The summed E-state index contributed by atoms with van der Waals surface area (Å²) in [5.74, 6) is -0.679. The van der Waals surface area contributed by atoms with Crippen LogP contribution in [0.3, 0.4) is 0 Å². The Bertz CT molecular complexity index is 682. The third-order valence-electron chi connectivity index (χ3n) is 5.41. The highest BCUT2D eigenvalue weighted by atomic mass is 16.4. The second-order valence-corrected chi connectivity index (χ2v) is 7.24. The Hall–Kier alpha value is -2.31. The zero-order chi connectivity index (χ0) is 18.7. The monoisotopic (exact) mass is 362 g/mol. The van der Waals surface area contributed by atoms with Crippen molar-refractivity contribution < 1.29 is 23.9 Å². The number of hydrogen-bond donors (Lipinski definition) is 1. The van der Waals surface area contributed by atoms with Crippen molar-refractivity contribution in [1.82, 2.24) is 9.80 Å². The third-order valence-corrected chi connectivity index (χ3v) is 5.41. The number of amides is 2. The molecule has 3 rings (SSSR count). The fourth-order valence-electron chi connectivity index (χ4n) is 3.95. The van der Waals surface area contributed by atoms with Crippen molar-refractivity contribution in [3.05, 3.63) is 23.2 Å². The molecule has 0 atom stereocenters. The van der Waals surface area contributed by atoms with Crippen LogP contribution in [0.1, 0.15) is 53.8 Å². The normalized spacial score (nSPS) is 18.8. The predicted molar refractivity (Wildman–Crippen MR) is 93.8 cm³/mol. The molecule has 2 fully saturated rings. The maximum Gasteiger partial charge on any atom is 0.311 e. The van der Waals surface area contributed by atoms with Gasteiger partial charge >= 0.3 is 5.97 Å². The Morgan fingerprint density at radius 2 is 1.69 bits per heavy atom. The first kappa shape index (κ1) is 18.5. The molecular formula is C19H26N2O5. The number of aryl methyl sites for hydroxylation is 1. The Morgan fingerprint density at radius 3 is 2.31 bits per heavy atom. The summed E-state index contributed by atoms with van der Waals surface area (Å²) in [6, 6.07) is 0. The Morgan fingerprint density at radius 1 is 1.08 bits per heavy atom. The lowest BCUT2D eigenvalue weighted by atomic mass is 9.88. The molecule has 0 spiro atoms. The van der Waals surface area contributed by atoms with Gasteiger partial charge in [-0.05, 0) is 19.8 Å². The number of carboxylic acid groups (broad SMARTS) is 1. The maximum atomic E-state index is 12.8. The van der Waals surface area contributed by atoms with Crippen LogP contribution in [0.4, 0.5) is 0 Å². The van der Waals surface area contributed by atoms with Gasteiger partial charge in [-0.25, -0.2) is 0 Å². The van der Waals surface area contributed by atoms with Gasteiger partial charge in [-0.3, -0.25) is 14.4 Å². The van der Waals surface area contributed by atoms with Crippen LogP contribution in [0.15, 0.2) is 10.7 Å². The summed E-state index contributed by atoms with van der Waals surface area (Å²) in [4.78, 5) is 40.0. The van der Waals surface area contributed by atoms with E-state index < -0.39 is 5.97 Å². The molecule has 7 heteroatoms. The Labute approximate surface area is 152 Å². The molecule has 142 valence electrons. The highest BCUT2D eigenvalue weighted by Crippen LogP contribution is 2.26. The van der Waals surface area contributed by atoms with Crippen LogP contribution in [-0.2, 0) is 16.0 Å². The van der Waals surface area contributed by atoms with E-state index in [9.17, 15) is 14.4 Å². The molecule has 0 bridgehead atoms. The second-order valence-electron chi connectivity index (χ2n) is 7.24. The average molecular weight is 362 g/mol. The van der Waals surface area contributed by atoms with E-state index in [1.807, 2.05) is 4.90 Å². The molecule has 2 amide bonds. The Kier molecular flexibility index (Phi) is 5.64. The van der Waals surface area contributed by atoms with Gasteiger partial charge in [-0.1, -0.05) is 19.3 Å². The SMILES string of the molecule is Cc1coc(CC(=O)O)c1C(=O)N1CCN(C(=O)C2CCCCC2)CC1. The van der Waals surface area contributed by atoms with Crippen molar-refractivity contribution in [2.75, 3.05) is 26.2 Å². The molecule has 1 N–H and O–H groups in total. The zero-order valence-corrected chi connectivity index (χ0v) is 15.2. The predicted octanol–water partition coefficient (Wildman–Crippen LogP) is 2.08. The van der Waals surface area contributed by atoms with Gasteiger partial charge in [0.2, 0.25) is 5.91 Å². The number of furan rings is 1. The number of hydrogen-bond acceptors (Lipinski definition) is 4. The van der Waals surface area contributed by atoms with Crippen LogP contribution < -0.4 is 0 Å². The van der Waals surface area contributed by atoms with Crippen LogP contribution in [0, 0.1) is 12.8 Å². The second kappa shape index (κ2) is 7.93. The molecule has 1 aromatic heterocycles. The minimum Gasteiger partial charge on any atom is -0.481 e. The molecule has 1 saturated carbocycles. The number of nitrogens with zero attached hydrogens (tertiary/aromatic N) is 2. The van der Waals surface area contributed by atoms with E-state index in [0.29, 0.717) is 37.3 Å². The van der Waals surface area contributed by atoms with Crippen molar-refractivity contribution in [2.45, 2.75) is 45.4 Å². The van der Waals surface area contributed by atoms with Crippen LogP contribution in [0.25, 0.3) is 0 Å². The van der Waals surface area contributed by atoms with Gasteiger partial charge < -0.3 is 19.3 Å². The van der Waals surface area contributed by atoms with Crippen molar-refractivity contribution in [1.29, 1.82) is 0 Å². The first-order valence-electron chi connectivity index (χ1n) is 9.34. The van der Waals surface area contributed by atoms with Gasteiger partial charge in [0.1, 0.15) is 12.2 Å². The first-order valence-corrected chi connectivity index (χ1v) is 9.34. The van der Waals surface area contributed by atoms with E-state index in [0.717, 1.165) is 25.7 Å². The van der Waals surface area contributed by atoms with Gasteiger partial charge in [0, 0.05) is 37.7 Å². The smallest absolute Gasteiger partial charge is 0.311 e. The fourth-order valence-corrected chi connectivity index (χ4v) is 3.95. The largest absolute Gasteiger partial charge is 0.481 e. The quantitative estimate of drug-likeness (QED) is 0.885. The standard InChI is InChI=1S/C19H26N2O5/c1-13-12-26-15(11-16(22)23)17(13)19(25)21-9-7-20(8-10-21)18(24)14-5-3-2-4-6-14/h12,14H,2-11H2,1H3,(H,22,23). The highest BCUT2D eigenvalue weighted by molar-refractivity contribution is 5.97. The number of carbonyl (C=O) groups excluding carboxylic acids is 2. The van der Waals surface area contributed by atoms with Gasteiger partial charge in [-0.2, -0.15) is 0 Å². The van der Waals surface area contributed by atoms with Gasteiger partial charge in [0.25, 0.3) is 5.91 Å². The number of carbonyl (C=O) groups is 3. The van der Waals surface area contributed by atoms with Gasteiger partial charge in [-0.15, -0.1) is 0 Å². The van der Waals surface area contributed by atoms with Crippen LogP contribution in [-0.4, -0.2) is 58.9 Å². The molecule has 26 heavy (non-hydrogen) atoms. The Balaban J connectivity index is 1.61. The molecule has 0 aromatic carbocycles. The summed E-state index contributed by atoms with van der Waals surface area (Å²) in [6.45, 7) is 3.74. The van der Waals surface area contributed by atoms with E-state index in [4.69, 9.17) is 9.52 Å². The zero-order valence-electron chi connectivity index (χ0n) is 15.2. The van der Waals surface area contributed by atoms with Crippen LogP contribution >= 0.6 is 0 Å². The number of aliphatic carboxylic acids is 1. The number of piperazine rings is 1. The minimum atomic E-state index is -1.03. The van der Waals surface area contributed by atoms with E-state index in [-0.39, 0.29) is 29.9 Å². The van der Waals surface area contributed by atoms with Crippen LogP contribution in [0.2, 0.25) is 0 Å². The summed E-state index contributed by atoms with van der Waals surface area (Å²) < 4.78 is 5.26. The van der Waals surface area contributed by atoms with Crippen LogP contribution in [0.5, 0.6) is 0 Å². The molecule has 0 radical (unpaired) electrons. The topological polar surface area (TPSA) is 91.1 Å². The molecule has 1 saturated heterocycles. The number of rotatable bonds is 4. The van der Waals surface area contributed by atoms with Gasteiger partial charge in [0.05, 0.1) is 11.8 Å². The summed E-state index contributed by atoms with van der Waals surface area (Å²) in [5, 5.41) is 8.98. The maximum absolute atomic E-state index is 12.8. The summed E-state index contributed by atoms with van der Waals surface area (Å²) in [5.41, 5.74) is 0.992. The lowest BCUT2D eigenvalue weighted by Gasteiger charge is -2.37. The lowest BCUT2D eigenvalue weighted by molar-refractivity contribution is -0.138. The molecule has 1 aromatic rings. The van der Waals surface area contributed by atoms with E-state index in [1.54, 1.807) is 11.8 Å². The van der Waals surface area contributed by atoms with Gasteiger partial charge in [0.15, 0.2) is 0 Å². The minimum absolute atomic E-state index is 0.143. The average Bonchev–Trinajstić information content (AvgIpc) is 3.01. The first-order chi connectivity index (χ1) is 12.5. The molecule has 2 heterocycles. The molecule has 1 aliphatic heterocycles. The summed E-state index contributed by atoms with van der Waals surface area (Å²) in [7, 11) is 0. The molecular weight excluding hydrogens is 336 g/mol. The summed E-state index contributed by atoms with van der Waals surface area (Å²) in [6.07, 6.45) is 6.54. The van der Waals surface area contributed by atoms with Crippen molar-refractivity contribution >= 4 is 17.8 Å². The van der Waals surface area contributed by atoms with E-state index >= 15 is 0 Å². The van der Waals surface area contributed by atoms with Crippen molar-refractivity contribution in [3.8, 4) is 0 Å². The molecule has 7 nitrogen and oxygen atoms in total. The molecule has 1 aliphatic carbocycles. The van der Waals surface area contributed by atoms with E-state index in [1.165, 1.54) is 12.7 Å². The summed E-state index contributed by atoms with van der Waals surface area (Å²) >= 11 is 0. The third kappa shape index (κ3) is 3.92. The van der Waals surface area contributed by atoms with Crippen molar-refractivity contribution in [2.24, 2.45) is 5.92 Å².